The molecule has 1 aromatic carbocycles. The minimum absolute atomic E-state index is 0. The molecule has 0 radical (unpaired) electrons. The number of methoxy groups -OCH3 is 1. The van der Waals surface area contributed by atoms with Gasteiger partial charge in [-0.05, 0) is 50.0 Å². The van der Waals surface area contributed by atoms with Crippen LogP contribution in [-0.4, -0.2) is 37.0 Å². The molecular formula is C16H20ClF2N3O3. The van der Waals surface area contributed by atoms with E-state index in [9.17, 15) is 8.78 Å². The van der Waals surface area contributed by atoms with Gasteiger partial charge in [-0.1, -0.05) is 5.16 Å². The number of hydrogen-bond acceptors (Lipinski definition) is 6. The number of ether oxygens (including phenoxy) is 2. The van der Waals surface area contributed by atoms with Crippen molar-refractivity contribution in [3.63, 3.8) is 0 Å². The highest BCUT2D eigenvalue weighted by molar-refractivity contribution is 5.85. The molecule has 1 aromatic heterocycles. The van der Waals surface area contributed by atoms with Crippen molar-refractivity contribution in [1.82, 2.24) is 15.5 Å². The van der Waals surface area contributed by atoms with E-state index >= 15 is 0 Å². The summed E-state index contributed by atoms with van der Waals surface area (Å²) in [6, 6.07) is 4.55. The van der Waals surface area contributed by atoms with Gasteiger partial charge in [0.1, 0.15) is 0 Å². The standard InChI is InChI=1S/C16H19F2N3O3.ClH/c1-22-13-8-11(3-4-12(13)23-16(17)18)15-20-14(24-21-15)5-2-10-6-7-19-9-10;/h3-4,8,10,16,19H,2,5-7,9H2,1H3;1H. The first-order valence-corrected chi connectivity index (χ1v) is 7.82. The van der Waals surface area contributed by atoms with Crippen LogP contribution in [0.4, 0.5) is 8.78 Å². The monoisotopic (exact) mass is 375 g/mol. The Morgan fingerprint density at radius 3 is 2.88 bits per heavy atom. The molecule has 1 atom stereocenters. The smallest absolute Gasteiger partial charge is 0.387 e. The molecule has 0 bridgehead atoms. The highest BCUT2D eigenvalue weighted by Gasteiger charge is 2.17. The zero-order chi connectivity index (χ0) is 16.9. The molecule has 1 saturated heterocycles. The number of benzene rings is 1. The molecule has 0 spiro atoms. The Labute approximate surface area is 150 Å². The van der Waals surface area contributed by atoms with Crippen molar-refractivity contribution in [3.05, 3.63) is 24.1 Å². The first kappa shape index (κ1) is 19.4. The molecule has 25 heavy (non-hydrogen) atoms. The molecule has 1 N–H and O–H groups in total. The number of aryl methyl sites for hydroxylation is 1. The van der Waals surface area contributed by atoms with Crippen molar-refractivity contribution < 1.29 is 22.8 Å². The van der Waals surface area contributed by atoms with Gasteiger partial charge >= 0.3 is 6.61 Å². The van der Waals surface area contributed by atoms with E-state index in [1.165, 1.54) is 19.6 Å². The first-order valence-electron chi connectivity index (χ1n) is 7.82. The van der Waals surface area contributed by atoms with Crippen molar-refractivity contribution in [3.8, 4) is 22.9 Å². The molecule has 1 unspecified atom stereocenters. The minimum atomic E-state index is -2.91. The summed E-state index contributed by atoms with van der Waals surface area (Å²) in [6.07, 6.45) is 2.89. The van der Waals surface area contributed by atoms with Gasteiger partial charge < -0.3 is 19.3 Å². The van der Waals surface area contributed by atoms with Crippen LogP contribution in [0.1, 0.15) is 18.7 Å². The Bertz CT molecular complexity index is 678. The summed E-state index contributed by atoms with van der Waals surface area (Å²) >= 11 is 0. The van der Waals surface area contributed by atoms with E-state index in [-0.39, 0.29) is 23.9 Å². The van der Waals surface area contributed by atoms with E-state index in [2.05, 4.69) is 20.2 Å². The van der Waals surface area contributed by atoms with Crippen molar-refractivity contribution >= 4 is 12.4 Å². The van der Waals surface area contributed by atoms with Crippen molar-refractivity contribution in [1.29, 1.82) is 0 Å². The predicted molar refractivity (Wildman–Crippen MR) is 89.5 cm³/mol. The average molecular weight is 376 g/mol. The van der Waals surface area contributed by atoms with Crippen molar-refractivity contribution in [2.24, 2.45) is 5.92 Å². The molecule has 0 amide bonds. The molecule has 9 heteroatoms. The first-order chi connectivity index (χ1) is 11.7. The summed E-state index contributed by atoms with van der Waals surface area (Å²) in [5.41, 5.74) is 0.617. The molecule has 6 nitrogen and oxygen atoms in total. The van der Waals surface area contributed by atoms with Gasteiger partial charge in [-0.2, -0.15) is 13.8 Å². The Morgan fingerprint density at radius 1 is 1.36 bits per heavy atom. The van der Waals surface area contributed by atoms with Crippen LogP contribution < -0.4 is 14.8 Å². The second-order valence-corrected chi connectivity index (χ2v) is 5.65. The number of aromatic nitrogens is 2. The van der Waals surface area contributed by atoms with Crippen LogP contribution in [0, 0.1) is 5.92 Å². The number of halogens is 3. The molecule has 1 aliphatic heterocycles. The van der Waals surface area contributed by atoms with Gasteiger partial charge in [-0.15, -0.1) is 12.4 Å². The molecule has 1 fully saturated rings. The Kier molecular flexibility index (Phi) is 6.95. The topological polar surface area (TPSA) is 69.4 Å². The van der Waals surface area contributed by atoms with Gasteiger partial charge in [0.2, 0.25) is 11.7 Å². The lowest BCUT2D eigenvalue weighted by Crippen LogP contribution is -2.09. The van der Waals surface area contributed by atoms with Gasteiger partial charge in [-0.25, -0.2) is 0 Å². The zero-order valence-electron chi connectivity index (χ0n) is 13.7. The zero-order valence-corrected chi connectivity index (χ0v) is 14.5. The lowest BCUT2D eigenvalue weighted by atomic mass is 10.0. The minimum Gasteiger partial charge on any atom is -0.493 e. The van der Waals surface area contributed by atoms with E-state index in [0.29, 0.717) is 23.2 Å². The summed E-state index contributed by atoms with van der Waals surface area (Å²) in [7, 11) is 1.38. The maximum Gasteiger partial charge on any atom is 0.387 e. The fraction of sp³-hybridized carbons (Fsp3) is 0.500. The summed E-state index contributed by atoms with van der Waals surface area (Å²) < 4.78 is 39.5. The van der Waals surface area contributed by atoms with Crippen LogP contribution in [0.3, 0.4) is 0 Å². The maximum atomic E-state index is 12.4. The van der Waals surface area contributed by atoms with Crippen molar-refractivity contribution in [2.75, 3.05) is 20.2 Å². The Morgan fingerprint density at radius 2 is 2.20 bits per heavy atom. The third-order valence-corrected chi connectivity index (χ3v) is 4.03. The van der Waals surface area contributed by atoms with Gasteiger partial charge in [0.25, 0.3) is 0 Å². The van der Waals surface area contributed by atoms with Crippen LogP contribution in [0.2, 0.25) is 0 Å². The SMILES string of the molecule is COc1cc(-c2noc(CCC3CCNC3)n2)ccc1OC(F)F.Cl. The predicted octanol–water partition coefficient (Wildman–Crippen LogP) is 3.31. The normalized spacial score (nSPS) is 16.7. The van der Waals surface area contributed by atoms with Crippen molar-refractivity contribution in [2.45, 2.75) is 25.9 Å². The van der Waals surface area contributed by atoms with Crippen LogP contribution in [-0.2, 0) is 6.42 Å². The number of nitrogens with zero attached hydrogens (tertiary/aromatic N) is 2. The summed E-state index contributed by atoms with van der Waals surface area (Å²) in [5.74, 6) is 1.77. The molecule has 2 aromatic rings. The van der Waals surface area contributed by atoms with E-state index in [1.54, 1.807) is 12.1 Å². The molecule has 2 heterocycles. The largest absolute Gasteiger partial charge is 0.493 e. The van der Waals surface area contributed by atoms with Crippen LogP contribution in [0.15, 0.2) is 22.7 Å². The van der Waals surface area contributed by atoms with Crippen LogP contribution in [0.25, 0.3) is 11.4 Å². The number of nitrogens with one attached hydrogen (secondary N) is 1. The maximum absolute atomic E-state index is 12.4. The van der Waals surface area contributed by atoms with Crippen LogP contribution >= 0.6 is 12.4 Å². The molecular weight excluding hydrogens is 356 g/mol. The van der Waals surface area contributed by atoms with Crippen LogP contribution in [0.5, 0.6) is 11.5 Å². The summed E-state index contributed by atoms with van der Waals surface area (Å²) in [6.45, 7) is -0.817. The van der Waals surface area contributed by atoms with E-state index in [0.717, 1.165) is 25.9 Å². The molecule has 0 aliphatic carbocycles. The van der Waals surface area contributed by atoms with Gasteiger partial charge in [0.05, 0.1) is 7.11 Å². The molecule has 1 aliphatic rings. The molecule has 138 valence electrons. The molecule has 3 rings (SSSR count). The number of alkyl halides is 2. The van der Waals surface area contributed by atoms with Gasteiger partial charge in [0.15, 0.2) is 11.5 Å². The number of rotatable bonds is 7. The van der Waals surface area contributed by atoms with E-state index in [4.69, 9.17) is 9.26 Å². The molecule has 0 saturated carbocycles. The average Bonchev–Trinajstić information content (AvgIpc) is 3.24. The quantitative estimate of drug-likeness (QED) is 0.800. The summed E-state index contributed by atoms with van der Waals surface area (Å²) in [5, 5.41) is 7.28. The lowest BCUT2D eigenvalue weighted by Gasteiger charge is -2.10. The second-order valence-electron chi connectivity index (χ2n) is 5.65. The van der Waals surface area contributed by atoms with E-state index < -0.39 is 6.61 Å². The fourth-order valence-electron chi connectivity index (χ4n) is 2.76. The third-order valence-electron chi connectivity index (χ3n) is 4.03. The van der Waals surface area contributed by atoms with E-state index in [1.807, 2.05) is 0 Å². The van der Waals surface area contributed by atoms with Gasteiger partial charge in [-0.3, -0.25) is 0 Å². The second kappa shape index (κ2) is 8.96. The lowest BCUT2D eigenvalue weighted by molar-refractivity contribution is -0.0512. The highest BCUT2D eigenvalue weighted by atomic mass is 35.5. The Hall–Kier alpha value is -1.93. The fourth-order valence-corrected chi connectivity index (χ4v) is 2.76. The number of hydrogen-bond donors (Lipinski definition) is 1. The highest BCUT2D eigenvalue weighted by Crippen LogP contribution is 2.32. The third kappa shape index (κ3) is 5.02. The van der Waals surface area contributed by atoms with Gasteiger partial charge in [0, 0.05) is 12.0 Å². The summed E-state index contributed by atoms with van der Waals surface area (Å²) in [4.78, 5) is 4.36. The Balaban J connectivity index is 0.00000225.